The molecular formula is C12H11F2NO2. The fourth-order valence-corrected chi connectivity index (χ4v) is 1.86. The Labute approximate surface area is 96.1 Å². The third kappa shape index (κ3) is 2.00. The summed E-state index contributed by atoms with van der Waals surface area (Å²) >= 11 is 0. The number of H-pyrrole nitrogens is 1. The van der Waals surface area contributed by atoms with E-state index in [-0.39, 0.29) is 0 Å². The standard InChI is InChI=1S/C12H11F2NO2/c1-7-9(6-12(13,14)11(16)17)8-4-2-3-5-10(8)15-7/h2-5,15H,6H2,1H3,(H,16,17). The number of para-hydroxylation sites is 1. The number of nitrogens with one attached hydrogen (secondary N) is 1. The number of rotatable bonds is 3. The Bertz CT molecular complexity index is 575. The Morgan fingerprint density at radius 3 is 2.71 bits per heavy atom. The van der Waals surface area contributed by atoms with Gasteiger partial charge in [0.1, 0.15) is 0 Å². The van der Waals surface area contributed by atoms with Crippen molar-refractivity contribution in [3.8, 4) is 0 Å². The van der Waals surface area contributed by atoms with Crippen molar-refractivity contribution >= 4 is 16.9 Å². The van der Waals surface area contributed by atoms with Crippen LogP contribution in [0.1, 0.15) is 11.3 Å². The number of alkyl halides is 2. The predicted octanol–water partition coefficient (Wildman–Crippen LogP) is 2.74. The van der Waals surface area contributed by atoms with Crippen LogP contribution in [0.2, 0.25) is 0 Å². The van der Waals surface area contributed by atoms with Crippen LogP contribution in [0.15, 0.2) is 24.3 Å². The number of hydrogen-bond donors (Lipinski definition) is 2. The molecule has 17 heavy (non-hydrogen) atoms. The Kier molecular flexibility index (Phi) is 2.61. The lowest BCUT2D eigenvalue weighted by atomic mass is 10.0. The van der Waals surface area contributed by atoms with Crippen molar-refractivity contribution in [3.63, 3.8) is 0 Å². The molecule has 0 aliphatic heterocycles. The number of carboxylic acid groups (broad SMARTS) is 1. The molecule has 0 saturated heterocycles. The smallest absolute Gasteiger partial charge is 0.374 e. The highest BCUT2D eigenvalue weighted by Gasteiger charge is 2.39. The van der Waals surface area contributed by atoms with Gasteiger partial charge in [0.2, 0.25) is 0 Å². The quantitative estimate of drug-likeness (QED) is 0.865. The lowest BCUT2D eigenvalue weighted by Gasteiger charge is -2.10. The lowest BCUT2D eigenvalue weighted by molar-refractivity contribution is -0.164. The van der Waals surface area contributed by atoms with Gasteiger partial charge in [-0.25, -0.2) is 4.79 Å². The molecule has 2 rings (SSSR count). The van der Waals surface area contributed by atoms with Crippen LogP contribution in [0.4, 0.5) is 8.78 Å². The summed E-state index contributed by atoms with van der Waals surface area (Å²) in [5.41, 5.74) is 1.67. The van der Waals surface area contributed by atoms with E-state index in [4.69, 9.17) is 5.11 Å². The first-order valence-electron chi connectivity index (χ1n) is 5.09. The largest absolute Gasteiger partial charge is 0.477 e. The molecule has 0 fully saturated rings. The SMILES string of the molecule is Cc1[nH]c2ccccc2c1CC(F)(F)C(=O)O. The number of aryl methyl sites for hydroxylation is 1. The van der Waals surface area contributed by atoms with E-state index in [2.05, 4.69) is 4.98 Å². The van der Waals surface area contributed by atoms with Gasteiger partial charge in [-0.05, 0) is 18.6 Å². The normalized spacial score (nSPS) is 11.9. The van der Waals surface area contributed by atoms with Crippen LogP contribution in [0.3, 0.4) is 0 Å². The highest BCUT2D eigenvalue weighted by atomic mass is 19.3. The van der Waals surface area contributed by atoms with E-state index in [9.17, 15) is 13.6 Å². The molecule has 0 bridgehead atoms. The Morgan fingerprint density at radius 2 is 2.06 bits per heavy atom. The molecule has 0 aliphatic carbocycles. The van der Waals surface area contributed by atoms with Crippen molar-refractivity contribution in [2.75, 3.05) is 0 Å². The first-order chi connectivity index (χ1) is 7.92. The van der Waals surface area contributed by atoms with Crippen LogP contribution in [0, 0.1) is 6.92 Å². The fourth-order valence-electron chi connectivity index (χ4n) is 1.86. The monoisotopic (exact) mass is 239 g/mol. The molecule has 0 radical (unpaired) electrons. The Balaban J connectivity index is 2.49. The van der Waals surface area contributed by atoms with Gasteiger partial charge in [0, 0.05) is 16.6 Å². The number of benzene rings is 1. The molecule has 0 aliphatic rings. The zero-order chi connectivity index (χ0) is 12.6. The van der Waals surface area contributed by atoms with Crippen LogP contribution < -0.4 is 0 Å². The summed E-state index contributed by atoms with van der Waals surface area (Å²) in [7, 11) is 0. The average molecular weight is 239 g/mol. The second kappa shape index (κ2) is 3.84. The summed E-state index contributed by atoms with van der Waals surface area (Å²) in [5.74, 6) is -5.84. The molecule has 90 valence electrons. The Morgan fingerprint density at radius 1 is 1.41 bits per heavy atom. The number of aliphatic carboxylic acids is 1. The van der Waals surface area contributed by atoms with Gasteiger partial charge in [0.25, 0.3) is 0 Å². The molecule has 1 aromatic carbocycles. The maximum Gasteiger partial charge on any atom is 0.374 e. The highest BCUT2D eigenvalue weighted by molar-refractivity contribution is 5.86. The number of halogens is 2. The molecule has 0 amide bonds. The second-order valence-corrected chi connectivity index (χ2v) is 3.96. The molecular weight excluding hydrogens is 228 g/mol. The van der Waals surface area contributed by atoms with E-state index >= 15 is 0 Å². The highest BCUT2D eigenvalue weighted by Crippen LogP contribution is 2.28. The van der Waals surface area contributed by atoms with Crippen molar-refractivity contribution < 1.29 is 18.7 Å². The molecule has 2 aromatic rings. The number of carbonyl (C=O) groups is 1. The molecule has 5 heteroatoms. The van der Waals surface area contributed by atoms with E-state index in [1.54, 1.807) is 31.2 Å². The molecule has 1 aromatic heterocycles. The predicted molar refractivity (Wildman–Crippen MR) is 59.3 cm³/mol. The van der Waals surface area contributed by atoms with Crippen LogP contribution in [0.25, 0.3) is 10.9 Å². The zero-order valence-electron chi connectivity index (χ0n) is 9.13. The van der Waals surface area contributed by atoms with Gasteiger partial charge >= 0.3 is 11.9 Å². The van der Waals surface area contributed by atoms with Gasteiger partial charge in [-0.15, -0.1) is 0 Å². The van der Waals surface area contributed by atoms with Crippen molar-refractivity contribution in [1.29, 1.82) is 0 Å². The third-order valence-electron chi connectivity index (χ3n) is 2.74. The molecule has 2 N–H and O–H groups in total. The minimum atomic E-state index is -3.74. The van der Waals surface area contributed by atoms with Crippen molar-refractivity contribution in [1.82, 2.24) is 4.98 Å². The van der Waals surface area contributed by atoms with E-state index in [1.165, 1.54) is 0 Å². The average Bonchev–Trinajstić information content (AvgIpc) is 2.55. The number of carboxylic acids is 1. The van der Waals surface area contributed by atoms with E-state index < -0.39 is 18.3 Å². The number of fused-ring (bicyclic) bond motifs is 1. The fraction of sp³-hybridized carbons (Fsp3) is 0.250. The summed E-state index contributed by atoms with van der Waals surface area (Å²) in [6.45, 7) is 1.66. The van der Waals surface area contributed by atoms with Crippen LogP contribution in [0.5, 0.6) is 0 Å². The minimum absolute atomic E-state index is 0.355. The van der Waals surface area contributed by atoms with Gasteiger partial charge in [0.15, 0.2) is 0 Å². The van der Waals surface area contributed by atoms with Crippen LogP contribution >= 0.6 is 0 Å². The van der Waals surface area contributed by atoms with Gasteiger partial charge in [-0.2, -0.15) is 8.78 Å². The lowest BCUT2D eigenvalue weighted by Crippen LogP contribution is -2.30. The van der Waals surface area contributed by atoms with Crippen molar-refractivity contribution in [2.24, 2.45) is 0 Å². The molecule has 0 spiro atoms. The number of aromatic nitrogens is 1. The third-order valence-corrected chi connectivity index (χ3v) is 2.74. The topological polar surface area (TPSA) is 53.1 Å². The van der Waals surface area contributed by atoms with E-state index in [0.717, 1.165) is 5.52 Å². The number of hydrogen-bond acceptors (Lipinski definition) is 1. The maximum absolute atomic E-state index is 13.2. The second-order valence-electron chi connectivity index (χ2n) is 3.96. The van der Waals surface area contributed by atoms with Gasteiger partial charge in [0.05, 0.1) is 6.42 Å². The first kappa shape index (κ1) is 11.6. The summed E-state index contributed by atoms with van der Waals surface area (Å²) in [6, 6.07) is 6.99. The van der Waals surface area contributed by atoms with Crippen LogP contribution in [-0.2, 0) is 11.2 Å². The minimum Gasteiger partial charge on any atom is -0.477 e. The summed E-state index contributed by atoms with van der Waals surface area (Å²) < 4.78 is 26.4. The van der Waals surface area contributed by atoms with Crippen LogP contribution in [-0.4, -0.2) is 22.0 Å². The molecule has 3 nitrogen and oxygen atoms in total. The summed E-state index contributed by atoms with van der Waals surface area (Å²) in [4.78, 5) is 13.4. The summed E-state index contributed by atoms with van der Waals surface area (Å²) in [6.07, 6.45) is -0.793. The molecule has 0 unspecified atom stereocenters. The van der Waals surface area contributed by atoms with Gasteiger partial charge in [-0.3, -0.25) is 0 Å². The number of aromatic amines is 1. The molecule has 0 saturated carbocycles. The van der Waals surface area contributed by atoms with Crippen molar-refractivity contribution in [2.45, 2.75) is 19.3 Å². The molecule has 1 heterocycles. The Hall–Kier alpha value is -1.91. The maximum atomic E-state index is 13.2. The van der Waals surface area contributed by atoms with E-state index in [0.29, 0.717) is 16.6 Å². The van der Waals surface area contributed by atoms with Crippen molar-refractivity contribution in [3.05, 3.63) is 35.5 Å². The molecule has 0 atom stereocenters. The van der Waals surface area contributed by atoms with Gasteiger partial charge < -0.3 is 10.1 Å². The first-order valence-corrected chi connectivity index (χ1v) is 5.09. The van der Waals surface area contributed by atoms with E-state index in [1.807, 2.05) is 0 Å². The summed E-state index contributed by atoms with van der Waals surface area (Å²) in [5, 5.41) is 9.09. The zero-order valence-corrected chi connectivity index (χ0v) is 9.13. The van der Waals surface area contributed by atoms with Gasteiger partial charge in [-0.1, -0.05) is 18.2 Å².